The molecule has 2 aliphatic rings. The van der Waals surface area contributed by atoms with E-state index in [-0.39, 0.29) is 5.91 Å². The second-order valence-corrected chi connectivity index (χ2v) is 5.23. The molecule has 0 spiro atoms. The molecular weight excluding hydrogens is 244 g/mol. The van der Waals surface area contributed by atoms with Crippen LogP contribution in [0.15, 0.2) is 18.2 Å². The first-order valence-electron chi connectivity index (χ1n) is 6.44. The van der Waals surface area contributed by atoms with Crippen molar-refractivity contribution in [1.29, 1.82) is 0 Å². The first-order valence-corrected chi connectivity index (χ1v) is 6.44. The average Bonchev–Trinajstić information content (AvgIpc) is 3.14. The number of nitrogens with zero attached hydrogens (tertiary/aromatic N) is 1. The summed E-state index contributed by atoms with van der Waals surface area (Å²) in [7, 11) is 1.74. The van der Waals surface area contributed by atoms with E-state index in [4.69, 9.17) is 0 Å². The average molecular weight is 260 g/mol. The van der Waals surface area contributed by atoms with Gasteiger partial charge in [0.1, 0.15) is 6.04 Å². The summed E-state index contributed by atoms with van der Waals surface area (Å²) < 4.78 is 0. The summed E-state index contributed by atoms with van der Waals surface area (Å²) in [5, 5.41) is 12.4. The van der Waals surface area contributed by atoms with Crippen LogP contribution in [0, 0.1) is 0 Å². The van der Waals surface area contributed by atoms with Crippen LogP contribution in [0.3, 0.4) is 0 Å². The van der Waals surface area contributed by atoms with Gasteiger partial charge in [0.05, 0.1) is 6.42 Å². The van der Waals surface area contributed by atoms with Crippen LogP contribution < -0.4 is 10.2 Å². The fourth-order valence-corrected chi connectivity index (χ4v) is 2.47. The zero-order valence-corrected chi connectivity index (χ0v) is 10.7. The molecule has 1 heterocycles. The van der Waals surface area contributed by atoms with Crippen molar-refractivity contribution < 1.29 is 14.7 Å². The van der Waals surface area contributed by atoms with Crippen LogP contribution in [0.2, 0.25) is 0 Å². The fourth-order valence-electron chi connectivity index (χ4n) is 2.47. The quantitative estimate of drug-likeness (QED) is 0.850. The van der Waals surface area contributed by atoms with Crippen LogP contribution in [0.4, 0.5) is 5.69 Å². The van der Waals surface area contributed by atoms with Crippen LogP contribution in [0.1, 0.15) is 30.0 Å². The zero-order valence-electron chi connectivity index (χ0n) is 10.7. The molecule has 0 radical (unpaired) electrons. The lowest BCUT2D eigenvalue weighted by atomic mass is 10.0. The predicted molar refractivity (Wildman–Crippen MR) is 70.1 cm³/mol. The van der Waals surface area contributed by atoms with Gasteiger partial charge in [-0.15, -0.1) is 0 Å². The Morgan fingerprint density at radius 3 is 2.84 bits per heavy atom. The summed E-state index contributed by atoms with van der Waals surface area (Å²) >= 11 is 0. The summed E-state index contributed by atoms with van der Waals surface area (Å²) in [6.45, 7) is 0. The van der Waals surface area contributed by atoms with E-state index in [1.54, 1.807) is 18.0 Å². The molecule has 5 nitrogen and oxygen atoms in total. The molecule has 1 saturated carbocycles. The Morgan fingerprint density at radius 2 is 2.21 bits per heavy atom. The van der Waals surface area contributed by atoms with Crippen molar-refractivity contribution in [3.05, 3.63) is 29.3 Å². The molecular formula is C14H16N2O3. The first kappa shape index (κ1) is 12.2. The highest BCUT2D eigenvalue weighted by molar-refractivity contribution is 6.01. The summed E-state index contributed by atoms with van der Waals surface area (Å²) in [6.07, 6.45) is 2.43. The molecule has 1 fully saturated rings. The van der Waals surface area contributed by atoms with Crippen LogP contribution >= 0.6 is 0 Å². The molecule has 0 aromatic heterocycles. The number of hydrogen-bond donors (Lipinski definition) is 2. The van der Waals surface area contributed by atoms with Crippen molar-refractivity contribution in [1.82, 2.24) is 5.32 Å². The number of aliphatic carboxylic acids is 1. The number of nitrogens with one attached hydrogen (secondary N) is 1. The normalized spacial score (nSPS) is 19.4. The van der Waals surface area contributed by atoms with Gasteiger partial charge in [0.2, 0.25) is 5.91 Å². The van der Waals surface area contributed by atoms with E-state index < -0.39 is 12.0 Å². The highest BCUT2D eigenvalue weighted by Gasteiger charge is 2.31. The van der Waals surface area contributed by atoms with E-state index in [0.717, 1.165) is 29.7 Å². The minimum Gasteiger partial charge on any atom is -0.480 e. The van der Waals surface area contributed by atoms with Crippen molar-refractivity contribution >= 4 is 17.6 Å². The summed E-state index contributed by atoms with van der Waals surface area (Å²) in [6, 6.07) is 5.10. The number of carbonyl (C=O) groups is 2. The number of carboxylic acid groups (broad SMARTS) is 1. The molecule has 1 aromatic carbocycles. The molecule has 1 atom stereocenters. The van der Waals surface area contributed by atoms with Crippen molar-refractivity contribution in [2.75, 3.05) is 11.9 Å². The molecule has 1 amide bonds. The van der Waals surface area contributed by atoms with Crippen molar-refractivity contribution in [2.45, 2.75) is 31.3 Å². The number of amides is 1. The third-order valence-electron chi connectivity index (χ3n) is 3.74. The third-order valence-corrected chi connectivity index (χ3v) is 3.74. The van der Waals surface area contributed by atoms with E-state index in [2.05, 4.69) is 5.32 Å². The molecule has 1 aliphatic heterocycles. The van der Waals surface area contributed by atoms with Gasteiger partial charge in [0.15, 0.2) is 0 Å². The Bertz CT molecular complexity index is 552. The van der Waals surface area contributed by atoms with Crippen LogP contribution in [0.25, 0.3) is 0 Å². The van der Waals surface area contributed by atoms with Gasteiger partial charge in [-0.3, -0.25) is 14.9 Å². The van der Waals surface area contributed by atoms with Crippen molar-refractivity contribution in [3.63, 3.8) is 0 Å². The third kappa shape index (κ3) is 2.21. The van der Waals surface area contributed by atoms with Gasteiger partial charge in [-0.05, 0) is 30.0 Å². The maximum atomic E-state index is 11.6. The largest absolute Gasteiger partial charge is 0.480 e. The smallest absolute Gasteiger partial charge is 0.325 e. The Kier molecular flexibility index (Phi) is 2.78. The number of likely N-dealkylation sites (N-methyl/N-ethyl adjacent to an activating group) is 1. The summed E-state index contributed by atoms with van der Waals surface area (Å²) in [5.74, 6) is -0.821. The number of benzene rings is 1. The first-order chi connectivity index (χ1) is 9.06. The van der Waals surface area contributed by atoms with Gasteiger partial charge in [-0.1, -0.05) is 12.1 Å². The van der Waals surface area contributed by atoms with Crippen LogP contribution in [-0.4, -0.2) is 30.1 Å². The maximum Gasteiger partial charge on any atom is 0.325 e. The topological polar surface area (TPSA) is 69.6 Å². The second kappa shape index (κ2) is 4.35. The lowest BCUT2D eigenvalue weighted by molar-refractivity contribution is -0.139. The van der Waals surface area contributed by atoms with Gasteiger partial charge >= 0.3 is 5.97 Å². The molecule has 100 valence electrons. The lowest BCUT2D eigenvalue weighted by Crippen LogP contribution is -2.30. The highest BCUT2D eigenvalue weighted by atomic mass is 16.4. The monoisotopic (exact) mass is 260 g/mol. The highest BCUT2D eigenvalue weighted by Crippen LogP contribution is 2.31. The Labute approximate surface area is 111 Å². The van der Waals surface area contributed by atoms with Gasteiger partial charge in [0.25, 0.3) is 0 Å². The molecule has 1 aliphatic carbocycles. The van der Waals surface area contributed by atoms with E-state index >= 15 is 0 Å². The number of hydrogen-bond acceptors (Lipinski definition) is 3. The molecule has 5 heteroatoms. The Morgan fingerprint density at radius 1 is 1.47 bits per heavy atom. The van der Waals surface area contributed by atoms with Gasteiger partial charge in [-0.2, -0.15) is 0 Å². The van der Waals surface area contributed by atoms with Gasteiger partial charge in [0, 0.05) is 18.8 Å². The van der Waals surface area contributed by atoms with Crippen molar-refractivity contribution in [3.8, 4) is 0 Å². The summed E-state index contributed by atoms with van der Waals surface area (Å²) in [5.41, 5.74) is 2.51. The molecule has 0 saturated heterocycles. The Hall–Kier alpha value is -1.88. The molecule has 3 rings (SSSR count). The SMILES string of the molecule is CN1C(=O)Cc2cc(C(NC3CC3)C(=O)O)ccc21. The number of anilines is 1. The minimum atomic E-state index is -0.871. The number of carbonyl (C=O) groups excluding carboxylic acids is 1. The fraction of sp³-hybridized carbons (Fsp3) is 0.429. The number of fused-ring (bicyclic) bond motifs is 1. The van der Waals surface area contributed by atoms with E-state index in [1.807, 2.05) is 12.1 Å². The lowest BCUT2D eigenvalue weighted by Gasteiger charge is -2.16. The summed E-state index contributed by atoms with van der Waals surface area (Å²) in [4.78, 5) is 24.6. The maximum absolute atomic E-state index is 11.6. The zero-order chi connectivity index (χ0) is 13.6. The molecule has 0 bridgehead atoms. The van der Waals surface area contributed by atoms with Gasteiger partial charge < -0.3 is 10.0 Å². The number of rotatable bonds is 4. The second-order valence-electron chi connectivity index (χ2n) is 5.23. The standard InChI is InChI=1S/C14H16N2O3/c1-16-11-5-2-8(6-9(11)7-12(16)17)13(14(18)19)15-10-3-4-10/h2,5-6,10,13,15H,3-4,7H2,1H3,(H,18,19). The predicted octanol–water partition coefficient (Wildman–Crippen LogP) is 1.08. The molecule has 19 heavy (non-hydrogen) atoms. The van der Waals surface area contributed by atoms with Gasteiger partial charge in [-0.25, -0.2) is 0 Å². The van der Waals surface area contributed by atoms with E-state index in [1.165, 1.54) is 0 Å². The van der Waals surface area contributed by atoms with E-state index in [9.17, 15) is 14.7 Å². The molecule has 2 N–H and O–H groups in total. The van der Waals surface area contributed by atoms with Crippen molar-refractivity contribution in [2.24, 2.45) is 0 Å². The molecule has 1 aromatic rings. The van der Waals surface area contributed by atoms with Crippen LogP contribution in [0.5, 0.6) is 0 Å². The van der Waals surface area contributed by atoms with Crippen LogP contribution in [-0.2, 0) is 16.0 Å². The minimum absolute atomic E-state index is 0.0502. The number of carboxylic acids is 1. The molecule has 1 unspecified atom stereocenters. The Balaban J connectivity index is 1.90. The van der Waals surface area contributed by atoms with E-state index in [0.29, 0.717) is 12.5 Å².